The summed E-state index contributed by atoms with van der Waals surface area (Å²) in [6, 6.07) is 13.1. The van der Waals surface area contributed by atoms with E-state index in [1.54, 1.807) is 25.3 Å². The molecule has 0 N–H and O–H groups in total. The van der Waals surface area contributed by atoms with Crippen LogP contribution in [0.5, 0.6) is 5.75 Å². The Morgan fingerprint density at radius 3 is 2.65 bits per heavy atom. The largest absolute Gasteiger partial charge is 0.497 e. The SMILES string of the molecule is COc1ccc2cc(COC(=O)c3cccc(S(=O)(=O)N4CCCC4)c3)c(Cl)nc2c1. The van der Waals surface area contributed by atoms with Crippen molar-refractivity contribution < 1.29 is 22.7 Å². The second-order valence-electron chi connectivity index (χ2n) is 7.21. The van der Waals surface area contributed by atoms with E-state index in [2.05, 4.69) is 4.98 Å². The molecule has 4 rings (SSSR count). The quantitative estimate of drug-likeness (QED) is 0.407. The third kappa shape index (κ3) is 4.51. The van der Waals surface area contributed by atoms with Gasteiger partial charge < -0.3 is 9.47 Å². The lowest BCUT2D eigenvalue weighted by molar-refractivity contribution is 0.0472. The fourth-order valence-electron chi connectivity index (χ4n) is 3.48. The van der Waals surface area contributed by atoms with Crippen molar-refractivity contribution in [3.63, 3.8) is 0 Å². The maximum atomic E-state index is 12.7. The van der Waals surface area contributed by atoms with Crippen LogP contribution >= 0.6 is 11.6 Å². The summed E-state index contributed by atoms with van der Waals surface area (Å²) in [5, 5.41) is 1.05. The number of nitrogens with zero attached hydrogens (tertiary/aromatic N) is 2. The number of hydrogen-bond donors (Lipinski definition) is 0. The Morgan fingerprint density at radius 1 is 1.13 bits per heavy atom. The van der Waals surface area contributed by atoms with Gasteiger partial charge in [-0.1, -0.05) is 17.7 Å². The highest BCUT2D eigenvalue weighted by atomic mass is 35.5. The molecule has 31 heavy (non-hydrogen) atoms. The second kappa shape index (κ2) is 8.82. The smallest absolute Gasteiger partial charge is 0.338 e. The molecule has 162 valence electrons. The first-order valence-electron chi connectivity index (χ1n) is 9.79. The highest BCUT2D eigenvalue weighted by Gasteiger charge is 2.27. The van der Waals surface area contributed by atoms with Crippen molar-refractivity contribution in [1.29, 1.82) is 0 Å². The van der Waals surface area contributed by atoms with Crippen molar-refractivity contribution in [3.8, 4) is 5.75 Å². The van der Waals surface area contributed by atoms with E-state index in [0.29, 0.717) is 29.9 Å². The van der Waals surface area contributed by atoms with Crippen molar-refractivity contribution >= 4 is 38.5 Å². The summed E-state index contributed by atoms with van der Waals surface area (Å²) in [4.78, 5) is 17.0. The molecule has 1 fully saturated rings. The molecule has 2 heterocycles. The number of hydrogen-bond acceptors (Lipinski definition) is 6. The van der Waals surface area contributed by atoms with Gasteiger partial charge in [0.15, 0.2) is 0 Å². The van der Waals surface area contributed by atoms with Crippen LogP contribution in [0.15, 0.2) is 53.4 Å². The van der Waals surface area contributed by atoms with Gasteiger partial charge in [-0.25, -0.2) is 18.2 Å². The van der Waals surface area contributed by atoms with Crippen LogP contribution in [-0.2, 0) is 21.4 Å². The summed E-state index contributed by atoms with van der Waals surface area (Å²) < 4.78 is 37.5. The minimum absolute atomic E-state index is 0.0863. The number of carbonyl (C=O) groups is 1. The number of halogens is 1. The molecule has 0 spiro atoms. The molecular formula is C22H21ClN2O5S. The van der Waals surface area contributed by atoms with E-state index >= 15 is 0 Å². The summed E-state index contributed by atoms with van der Waals surface area (Å²) in [7, 11) is -2.04. The molecule has 0 atom stereocenters. The van der Waals surface area contributed by atoms with E-state index in [1.165, 1.54) is 28.6 Å². The van der Waals surface area contributed by atoms with Crippen LogP contribution < -0.4 is 4.74 Å². The van der Waals surface area contributed by atoms with Crippen LogP contribution in [0.4, 0.5) is 0 Å². The summed E-state index contributed by atoms with van der Waals surface area (Å²) in [6.45, 7) is 0.905. The number of fused-ring (bicyclic) bond motifs is 1. The average Bonchev–Trinajstić information content (AvgIpc) is 3.33. The van der Waals surface area contributed by atoms with Crippen LogP contribution in [0.25, 0.3) is 10.9 Å². The van der Waals surface area contributed by atoms with E-state index in [-0.39, 0.29) is 22.2 Å². The number of pyridine rings is 1. The predicted molar refractivity (Wildman–Crippen MR) is 117 cm³/mol. The number of benzene rings is 2. The lowest BCUT2D eigenvalue weighted by Crippen LogP contribution is -2.28. The van der Waals surface area contributed by atoms with Gasteiger partial charge in [-0.2, -0.15) is 4.31 Å². The highest BCUT2D eigenvalue weighted by Crippen LogP contribution is 2.25. The van der Waals surface area contributed by atoms with Gasteiger partial charge in [0, 0.05) is 30.1 Å². The number of methoxy groups -OCH3 is 1. The molecule has 1 aliphatic heterocycles. The molecule has 0 saturated carbocycles. The average molecular weight is 461 g/mol. The Morgan fingerprint density at radius 2 is 1.90 bits per heavy atom. The van der Waals surface area contributed by atoms with E-state index in [4.69, 9.17) is 21.1 Å². The number of sulfonamides is 1. The molecule has 1 aliphatic rings. The standard InChI is InChI=1S/C22H21ClN2O5S/c1-29-18-8-7-15-11-17(21(23)24-20(15)13-18)14-30-22(26)16-5-4-6-19(12-16)31(27,28)25-9-2-3-10-25/h4-8,11-13H,2-3,9-10,14H2,1H3. The first-order valence-corrected chi connectivity index (χ1v) is 11.6. The molecule has 1 aromatic heterocycles. The number of carbonyl (C=O) groups excluding carboxylic acids is 1. The molecule has 0 bridgehead atoms. The van der Waals surface area contributed by atoms with Gasteiger partial charge in [0.2, 0.25) is 10.0 Å². The Bertz CT molecular complexity index is 1240. The van der Waals surface area contributed by atoms with Gasteiger partial charge in [-0.3, -0.25) is 0 Å². The van der Waals surface area contributed by atoms with Crippen LogP contribution in [0.3, 0.4) is 0 Å². The van der Waals surface area contributed by atoms with Crippen molar-refractivity contribution in [2.24, 2.45) is 0 Å². The van der Waals surface area contributed by atoms with Gasteiger partial charge in [0.05, 0.1) is 23.1 Å². The zero-order chi connectivity index (χ0) is 22.0. The molecule has 0 amide bonds. The zero-order valence-electron chi connectivity index (χ0n) is 16.9. The first kappa shape index (κ1) is 21.5. The number of esters is 1. The first-order chi connectivity index (χ1) is 14.9. The molecular weight excluding hydrogens is 440 g/mol. The minimum Gasteiger partial charge on any atom is -0.497 e. The maximum absolute atomic E-state index is 12.7. The van der Waals surface area contributed by atoms with Crippen LogP contribution in [0.1, 0.15) is 28.8 Å². The number of rotatable bonds is 6. The molecule has 7 nitrogen and oxygen atoms in total. The zero-order valence-corrected chi connectivity index (χ0v) is 18.4. The molecule has 2 aromatic carbocycles. The second-order valence-corrected chi connectivity index (χ2v) is 9.51. The van der Waals surface area contributed by atoms with Gasteiger partial charge in [-0.15, -0.1) is 0 Å². The van der Waals surface area contributed by atoms with E-state index in [9.17, 15) is 13.2 Å². The van der Waals surface area contributed by atoms with Crippen molar-refractivity contribution in [3.05, 3.63) is 64.8 Å². The van der Waals surface area contributed by atoms with E-state index in [1.807, 2.05) is 6.07 Å². The molecule has 9 heteroatoms. The molecule has 1 saturated heterocycles. The Balaban J connectivity index is 1.51. The van der Waals surface area contributed by atoms with Crippen LogP contribution in [0, 0.1) is 0 Å². The fraction of sp³-hybridized carbons (Fsp3) is 0.273. The Labute approximate surface area is 185 Å². The lowest BCUT2D eigenvalue weighted by Gasteiger charge is -2.16. The van der Waals surface area contributed by atoms with Crippen molar-refractivity contribution in [1.82, 2.24) is 9.29 Å². The van der Waals surface area contributed by atoms with E-state index < -0.39 is 16.0 Å². The Hall–Kier alpha value is -2.68. The number of ether oxygens (including phenoxy) is 2. The third-order valence-corrected chi connectivity index (χ3v) is 7.40. The van der Waals surface area contributed by atoms with Crippen LogP contribution in [-0.4, -0.2) is 43.9 Å². The van der Waals surface area contributed by atoms with E-state index in [0.717, 1.165) is 18.2 Å². The van der Waals surface area contributed by atoms with Crippen LogP contribution in [0.2, 0.25) is 5.15 Å². The van der Waals surface area contributed by atoms with Gasteiger partial charge >= 0.3 is 5.97 Å². The summed E-state index contributed by atoms with van der Waals surface area (Å²) in [5.74, 6) is 0.0309. The molecule has 0 radical (unpaired) electrons. The van der Waals surface area contributed by atoms with Gasteiger partial charge in [-0.05, 0) is 49.2 Å². The van der Waals surface area contributed by atoms with Gasteiger partial charge in [0.25, 0.3) is 0 Å². The lowest BCUT2D eigenvalue weighted by atomic mass is 10.1. The summed E-state index contributed by atoms with van der Waals surface area (Å²) >= 11 is 6.26. The fourth-order valence-corrected chi connectivity index (χ4v) is 5.25. The van der Waals surface area contributed by atoms with Gasteiger partial charge in [0.1, 0.15) is 17.5 Å². The molecule has 0 unspecified atom stereocenters. The number of aromatic nitrogens is 1. The Kier molecular flexibility index (Phi) is 6.13. The normalized spacial score (nSPS) is 14.6. The molecule has 0 aliphatic carbocycles. The molecule has 3 aromatic rings. The highest BCUT2D eigenvalue weighted by molar-refractivity contribution is 7.89. The summed E-state index contributed by atoms with van der Waals surface area (Å²) in [5.41, 5.74) is 1.38. The summed E-state index contributed by atoms with van der Waals surface area (Å²) in [6.07, 6.45) is 1.68. The topological polar surface area (TPSA) is 85.8 Å². The maximum Gasteiger partial charge on any atom is 0.338 e. The minimum atomic E-state index is -3.61. The van der Waals surface area contributed by atoms with Crippen molar-refractivity contribution in [2.45, 2.75) is 24.3 Å². The predicted octanol–water partition coefficient (Wildman–Crippen LogP) is 4.04. The monoisotopic (exact) mass is 460 g/mol. The third-order valence-electron chi connectivity index (χ3n) is 5.18. The van der Waals surface area contributed by atoms with Crippen molar-refractivity contribution in [2.75, 3.05) is 20.2 Å².